The van der Waals surface area contributed by atoms with Crippen molar-refractivity contribution >= 4 is 11.6 Å². The van der Waals surface area contributed by atoms with Crippen LogP contribution in [-0.4, -0.2) is 57.3 Å². The third-order valence-corrected chi connectivity index (χ3v) is 5.46. The van der Waals surface area contributed by atoms with Gasteiger partial charge in [-0.05, 0) is 41.8 Å². The number of hydrogen-bond donors (Lipinski definition) is 0. The van der Waals surface area contributed by atoms with E-state index in [-0.39, 0.29) is 24.9 Å². The van der Waals surface area contributed by atoms with E-state index < -0.39 is 6.36 Å². The molecule has 0 spiro atoms. The average molecular weight is 436 g/mol. The summed E-state index contributed by atoms with van der Waals surface area (Å²) in [6.07, 6.45) is -3.79. The number of halogens is 3. The predicted octanol–water partition coefficient (Wildman–Crippen LogP) is 3.90. The Bertz CT molecular complexity index is 933. The van der Waals surface area contributed by atoms with Gasteiger partial charge in [0.25, 0.3) is 0 Å². The van der Waals surface area contributed by atoms with Gasteiger partial charge in [-0.15, -0.1) is 13.2 Å². The minimum Gasteiger partial charge on any atom is -0.471 e. The molecular weight excluding hydrogens is 413 g/mol. The Balaban J connectivity index is 1.45. The van der Waals surface area contributed by atoms with Gasteiger partial charge in [-0.3, -0.25) is 4.79 Å². The molecule has 1 fully saturated rings. The fourth-order valence-corrected chi connectivity index (χ4v) is 3.96. The van der Waals surface area contributed by atoms with Gasteiger partial charge in [0.2, 0.25) is 5.91 Å². The number of ether oxygens (including phenoxy) is 3. The highest BCUT2D eigenvalue weighted by molar-refractivity contribution is 5.84. The van der Waals surface area contributed by atoms with E-state index in [1.54, 1.807) is 25.3 Å². The zero-order chi connectivity index (χ0) is 22.0. The monoisotopic (exact) mass is 436 g/mol. The van der Waals surface area contributed by atoms with E-state index in [2.05, 4.69) is 4.74 Å². The number of nitrogens with zero attached hydrogens (tertiary/aromatic N) is 2. The summed E-state index contributed by atoms with van der Waals surface area (Å²) < 4.78 is 51.9. The second-order valence-corrected chi connectivity index (χ2v) is 7.68. The molecule has 0 saturated carbocycles. The molecule has 1 amide bonds. The summed E-state index contributed by atoms with van der Waals surface area (Å²) in [5, 5.41) is 0. The van der Waals surface area contributed by atoms with E-state index in [0.29, 0.717) is 24.8 Å². The van der Waals surface area contributed by atoms with Crippen LogP contribution in [0, 0.1) is 5.92 Å². The summed E-state index contributed by atoms with van der Waals surface area (Å²) >= 11 is 0. The predicted molar refractivity (Wildman–Crippen MR) is 108 cm³/mol. The van der Waals surface area contributed by atoms with Crippen LogP contribution < -0.4 is 14.4 Å². The highest BCUT2D eigenvalue weighted by Gasteiger charge is 2.31. The maximum atomic E-state index is 12.7. The maximum absolute atomic E-state index is 12.7. The van der Waals surface area contributed by atoms with Crippen LogP contribution in [0.1, 0.15) is 6.42 Å². The van der Waals surface area contributed by atoms with Crippen molar-refractivity contribution in [1.29, 1.82) is 0 Å². The largest absolute Gasteiger partial charge is 0.573 e. The molecule has 9 heteroatoms. The van der Waals surface area contributed by atoms with Gasteiger partial charge < -0.3 is 24.0 Å². The number of amides is 1. The number of carbonyl (C=O) groups excluding carboxylic acids is 1. The zero-order valence-electron chi connectivity index (χ0n) is 17.0. The topological polar surface area (TPSA) is 51.2 Å². The molecule has 4 rings (SSSR count). The van der Waals surface area contributed by atoms with Crippen molar-refractivity contribution in [2.24, 2.45) is 5.92 Å². The van der Waals surface area contributed by atoms with E-state index >= 15 is 0 Å². The Morgan fingerprint density at radius 1 is 1.16 bits per heavy atom. The molecule has 0 aliphatic carbocycles. The van der Waals surface area contributed by atoms with Crippen LogP contribution in [0.4, 0.5) is 18.9 Å². The van der Waals surface area contributed by atoms with Gasteiger partial charge in [0.05, 0.1) is 12.3 Å². The van der Waals surface area contributed by atoms with Gasteiger partial charge in [-0.2, -0.15) is 0 Å². The van der Waals surface area contributed by atoms with Crippen molar-refractivity contribution in [2.75, 3.05) is 45.0 Å². The minimum absolute atomic E-state index is 0.0362. The van der Waals surface area contributed by atoms with E-state index in [1.165, 1.54) is 12.1 Å². The zero-order valence-corrected chi connectivity index (χ0v) is 17.0. The lowest BCUT2D eigenvalue weighted by atomic mass is 10.0. The van der Waals surface area contributed by atoms with Gasteiger partial charge in [-0.1, -0.05) is 18.2 Å². The van der Waals surface area contributed by atoms with Crippen molar-refractivity contribution in [3.8, 4) is 22.6 Å². The number of anilines is 1. The van der Waals surface area contributed by atoms with Gasteiger partial charge in [0.15, 0.2) is 6.73 Å². The molecule has 31 heavy (non-hydrogen) atoms. The molecule has 0 radical (unpaired) electrons. The molecule has 2 aliphatic rings. The summed E-state index contributed by atoms with van der Waals surface area (Å²) in [7, 11) is 1.66. The maximum Gasteiger partial charge on any atom is 0.573 e. The number of rotatable bonds is 6. The van der Waals surface area contributed by atoms with Gasteiger partial charge in [0.1, 0.15) is 18.0 Å². The van der Waals surface area contributed by atoms with Crippen LogP contribution in [0.5, 0.6) is 11.5 Å². The Morgan fingerprint density at radius 2 is 1.90 bits per heavy atom. The quantitative estimate of drug-likeness (QED) is 0.688. The number of methoxy groups -OCH3 is 1. The van der Waals surface area contributed by atoms with Crippen molar-refractivity contribution < 1.29 is 32.2 Å². The summed E-state index contributed by atoms with van der Waals surface area (Å²) in [5.74, 6) is 0.804. The van der Waals surface area contributed by atoms with Crippen LogP contribution in [0.2, 0.25) is 0 Å². The second kappa shape index (κ2) is 8.66. The van der Waals surface area contributed by atoms with Crippen molar-refractivity contribution in [3.63, 3.8) is 0 Å². The standard InChI is InChI=1S/C22H23F3N2O4/c1-29-13-15-8-9-26(11-15)21(28)12-27-14-30-20-7-4-17(10-19(20)27)16-2-5-18(6-3-16)31-22(23,24)25/h2-7,10,15H,8-9,11-14H2,1H3/t15-/m0/s1. The molecule has 0 bridgehead atoms. The molecule has 2 aromatic carbocycles. The first-order valence-corrected chi connectivity index (χ1v) is 9.97. The molecule has 0 aromatic heterocycles. The number of likely N-dealkylation sites (tertiary alicyclic amines) is 1. The molecule has 2 aliphatic heterocycles. The molecule has 166 valence electrons. The van der Waals surface area contributed by atoms with E-state index in [4.69, 9.17) is 9.47 Å². The highest BCUT2D eigenvalue weighted by atomic mass is 19.4. The second-order valence-electron chi connectivity index (χ2n) is 7.68. The smallest absolute Gasteiger partial charge is 0.471 e. The molecule has 2 heterocycles. The van der Waals surface area contributed by atoms with E-state index in [0.717, 1.165) is 29.8 Å². The average Bonchev–Trinajstić information content (AvgIpc) is 3.35. The molecule has 1 atom stereocenters. The van der Waals surface area contributed by atoms with Crippen LogP contribution in [-0.2, 0) is 9.53 Å². The lowest BCUT2D eigenvalue weighted by molar-refractivity contribution is -0.274. The molecule has 0 unspecified atom stereocenters. The highest BCUT2D eigenvalue weighted by Crippen LogP contribution is 2.38. The first kappa shape index (κ1) is 21.3. The Hall–Kier alpha value is -2.94. The number of benzene rings is 2. The molecule has 0 N–H and O–H groups in total. The Morgan fingerprint density at radius 3 is 2.61 bits per heavy atom. The van der Waals surface area contributed by atoms with Crippen molar-refractivity contribution in [1.82, 2.24) is 4.90 Å². The lowest BCUT2D eigenvalue weighted by Crippen LogP contribution is -2.39. The van der Waals surface area contributed by atoms with E-state index in [1.807, 2.05) is 21.9 Å². The fourth-order valence-electron chi connectivity index (χ4n) is 3.96. The SMILES string of the molecule is COC[C@H]1CCN(C(=O)CN2COc3ccc(-c4ccc(OC(F)(F)F)cc4)cc32)C1. The third kappa shape index (κ3) is 5.04. The van der Waals surface area contributed by atoms with Crippen LogP contribution in [0.3, 0.4) is 0 Å². The Labute approximate surface area is 178 Å². The number of alkyl halides is 3. The normalized spacial score (nSPS) is 18.1. The number of fused-ring (bicyclic) bond motifs is 1. The Kier molecular flexibility index (Phi) is 5.95. The fraction of sp³-hybridized carbons (Fsp3) is 0.409. The van der Waals surface area contributed by atoms with Crippen LogP contribution in [0.15, 0.2) is 42.5 Å². The summed E-state index contributed by atoms with van der Waals surface area (Å²) in [4.78, 5) is 16.5. The van der Waals surface area contributed by atoms with Gasteiger partial charge in [-0.25, -0.2) is 0 Å². The summed E-state index contributed by atoms with van der Waals surface area (Å²) in [5.41, 5.74) is 2.33. The first-order valence-electron chi connectivity index (χ1n) is 9.97. The summed E-state index contributed by atoms with van der Waals surface area (Å²) in [6.45, 7) is 2.55. The van der Waals surface area contributed by atoms with Crippen molar-refractivity contribution in [3.05, 3.63) is 42.5 Å². The van der Waals surface area contributed by atoms with Crippen molar-refractivity contribution in [2.45, 2.75) is 12.8 Å². The number of carbonyl (C=O) groups is 1. The number of hydrogen-bond acceptors (Lipinski definition) is 5. The van der Waals surface area contributed by atoms with Gasteiger partial charge >= 0.3 is 6.36 Å². The van der Waals surface area contributed by atoms with E-state index in [9.17, 15) is 18.0 Å². The molecule has 6 nitrogen and oxygen atoms in total. The minimum atomic E-state index is -4.72. The van der Waals surface area contributed by atoms with Crippen LogP contribution in [0.25, 0.3) is 11.1 Å². The summed E-state index contributed by atoms with van der Waals surface area (Å²) in [6, 6.07) is 11.2. The first-order chi connectivity index (χ1) is 14.8. The molecule has 2 aromatic rings. The third-order valence-electron chi connectivity index (χ3n) is 5.46. The molecular formula is C22H23F3N2O4. The van der Waals surface area contributed by atoms with Crippen LogP contribution >= 0.6 is 0 Å². The van der Waals surface area contributed by atoms with Gasteiger partial charge in [0, 0.05) is 26.1 Å². The lowest BCUT2D eigenvalue weighted by Gasteiger charge is -2.22. The molecule has 1 saturated heterocycles.